The van der Waals surface area contributed by atoms with Crippen LogP contribution in [0.5, 0.6) is 0 Å². The van der Waals surface area contributed by atoms with Gasteiger partial charge in [0.05, 0.1) is 25.5 Å². The van der Waals surface area contributed by atoms with E-state index in [2.05, 4.69) is 42.7 Å². The largest absolute Gasteiger partial charge is 0.379 e. The smallest absolute Gasteiger partial charge is 0.122 e. The van der Waals surface area contributed by atoms with Crippen molar-refractivity contribution in [2.45, 2.75) is 19.6 Å². The van der Waals surface area contributed by atoms with E-state index < -0.39 is 0 Å². The molecule has 1 atom stereocenters. The maximum absolute atomic E-state index is 5.48. The number of hydrogen-bond acceptors (Lipinski definition) is 5. The van der Waals surface area contributed by atoms with E-state index in [0.717, 1.165) is 70.5 Å². The lowest BCUT2D eigenvalue weighted by Gasteiger charge is -2.31. The van der Waals surface area contributed by atoms with Gasteiger partial charge in [0.2, 0.25) is 0 Å². The van der Waals surface area contributed by atoms with Gasteiger partial charge in [0.1, 0.15) is 5.82 Å². The summed E-state index contributed by atoms with van der Waals surface area (Å²) in [6.07, 6.45) is 5.91. The Hall–Kier alpha value is -1.76. The van der Waals surface area contributed by atoms with Crippen molar-refractivity contribution in [2.75, 3.05) is 39.4 Å². The molecule has 0 saturated carbocycles. The molecule has 128 valence electrons. The normalized spacial score (nSPS) is 22.9. The van der Waals surface area contributed by atoms with E-state index in [1.807, 2.05) is 18.5 Å². The molecule has 2 aliphatic heterocycles. The second-order valence-electron chi connectivity index (χ2n) is 6.77. The molecule has 0 bridgehead atoms. The highest BCUT2D eigenvalue weighted by atomic mass is 16.5. The summed E-state index contributed by atoms with van der Waals surface area (Å²) in [6, 6.07) is 6.14. The highest BCUT2D eigenvalue weighted by Gasteiger charge is 2.25. The molecule has 4 heterocycles. The minimum Gasteiger partial charge on any atom is -0.379 e. The number of nitrogens with zero attached hydrogens (tertiary/aromatic N) is 5. The van der Waals surface area contributed by atoms with Crippen molar-refractivity contribution in [3.05, 3.63) is 48.3 Å². The monoisotopic (exact) mass is 327 g/mol. The molecule has 0 spiro atoms. The van der Waals surface area contributed by atoms with Gasteiger partial charge in [0, 0.05) is 63.8 Å². The average molecular weight is 327 g/mol. The zero-order valence-corrected chi connectivity index (χ0v) is 14.0. The molecule has 24 heavy (non-hydrogen) atoms. The molecule has 0 amide bonds. The van der Waals surface area contributed by atoms with Gasteiger partial charge in [0.15, 0.2) is 0 Å². The molecule has 2 aromatic heterocycles. The van der Waals surface area contributed by atoms with E-state index in [-0.39, 0.29) is 0 Å². The third-order valence-corrected chi connectivity index (χ3v) is 4.87. The first kappa shape index (κ1) is 15.7. The SMILES string of the molecule is c1ccc(CN2Cc3nccn3C[C@H](CN3CCOCC3)C2)nc1. The maximum Gasteiger partial charge on any atom is 0.122 e. The van der Waals surface area contributed by atoms with Crippen LogP contribution in [0.15, 0.2) is 36.8 Å². The molecule has 0 aromatic carbocycles. The Bertz CT molecular complexity index is 638. The lowest BCUT2D eigenvalue weighted by molar-refractivity contribution is 0.0265. The predicted molar refractivity (Wildman–Crippen MR) is 91.3 cm³/mol. The summed E-state index contributed by atoms with van der Waals surface area (Å²) < 4.78 is 7.80. The third-order valence-electron chi connectivity index (χ3n) is 4.87. The summed E-state index contributed by atoms with van der Waals surface area (Å²) in [5.74, 6) is 1.76. The Morgan fingerprint density at radius 2 is 1.96 bits per heavy atom. The number of hydrogen-bond donors (Lipinski definition) is 0. The highest BCUT2D eigenvalue weighted by molar-refractivity contribution is 5.04. The summed E-state index contributed by atoms with van der Waals surface area (Å²) in [4.78, 5) is 14.1. The molecule has 0 aliphatic carbocycles. The Morgan fingerprint density at radius 3 is 2.79 bits per heavy atom. The van der Waals surface area contributed by atoms with Crippen LogP contribution in [0, 0.1) is 5.92 Å². The van der Waals surface area contributed by atoms with E-state index in [4.69, 9.17) is 4.74 Å². The van der Waals surface area contributed by atoms with Crippen molar-refractivity contribution in [1.82, 2.24) is 24.3 Å². The first-order valence-electron chi connectivity index (χ1n) is 8.79. The summed E-state index contributed by atoms with van der Waals surface area (Å²) >= 11 is 0. The van der Waals surface area contributed by atoms with Crippen LogP contribution in [0.1, 0.15) is 11.5 Å². The van der Waals surface area contributed by atoms with Gasteiger partial charge in [-0.05, 0) is 12.1 Å². The minimum absolute atomic E-state index is 0.599. The van der Waals surface area contributed by atoms with Crippen LogP contribution in [-0.2, 0) is 24.4 Å². The topological polar surface area (TPSA) is 46.4 Å². The number of pyridine rings is 1. The van der Waals surface area contributed by atoms with Crippen molar-refractivity contribution in [2.24, 2.45) is 5.92 Å². The molecule has 0 unspecified atom stereocenters. The zero-order chi connectivity index (χ0) is 16.2. The number of ether oxygens (including phenoxy) is 1. The van der Waals surface area contributed by atoms with Crippen LogP contribution < -0.4 is 0 Å². The van der Waals surface area contributed by atoms with Crippen molar-refractivity contribution in [1.29, 1.82) is 0 Å². The van der Waals surface area contributed by atoms with Gasteiger partial charge in [-0.1, -0.05) is 6.07 Å². The van der Waals surface area contributed by atoms with Crippen LogP contribution in [0.3, 0.4) is 0 Å². The van der Waals surface area contributed by atoms with Crippen molar-refractivity contribution in [3.8, 4) is 0 Å². The Morgan fingerprint density at radius 1 is 1.04 bits per heavy atom. The molecular weight excluding hydrogens is 302 g/mol. The summed E-state index contributed by atoms with van der Waals surface area (Å²) in [5.41, 5.74) is 1.13. The number of fused-ring (bicyclic) bond motifs is 1. The standard InChI is InChI=1S/C18H25N5O/c1-2-4-19-17(3-1)14-22-12-16(11-21-7-9-24-10-8-21)13-23-6-5-20-18(23)15-22/h1-6,16H,7-15H2/t16-/m1/s1. The lowest BCUT2D eigenvalue weighted by Crippen LogP contribution is -2.42. The quantitative estimate of drug-likeness (QED) is 0.846. The molecule has 0 radical (unpaired) electrons. The Labute approximate surface area is 143 Å². The predicted octanol–water partition coefficient (Wildman–Crippen LogP) is 1.24. The summed E-state index contributed by atoms with van der Waals surface area (Å²) in [5, 5.41) is 0. The van der Waals surface area contributed by atoms with E-state index in [9.17, 15) is 0 Å². The van der Waals surface area contributed by atoms with E-state index in [1.165, 1.54) is 0 Å². The second kappa shape index (κ2) is 7.42. The van der Waals surface area contributed by atoms with Crippen molar-refractivity contribution < 1.29 is 4.74 Å². The van der Waals surface area contributed by atoms with Crippen LogP contribution >= 0.6 is 0 Å². The van der Waals surface area contributed by atoms with Gasteiger partial charge in [-0.25, -0.2) is 4.98 Å². The third kappa shape index (κ3) is 3.83. The molecule has 1 saturated heterocycles. The van der Waals surface area contributed by atoms with E-state index >= 15 is 0 Å². The van der Waals surface area contributed by atoms with Crippen LogP contribution in [0.25, 0.3) is 0 Å². The summed E-state index contributed by atoms with van der Waals surface area (Å²) in [7, 11) is 0. The fourth-order valence-electron chi connectivity index (χ4n) is 3.73. The van der Waals surface area contributed by atoms with Crippen molar-refractivity contribution >= 4 is 0 Å². The average Bonchev–Trinajstić information content (AvgIpc) is 2.96. The second-order valence-corrected chi connectivity index (χ2v) is 6.77. The first-order valence-corrected chi connectivity index (χ1v) is 8.79. The molecule has 2 aromatic rings. The Balaban J connectivity index is 1.47. The van der Waals surface area contributed by atoms with Gasteiger partial charge < -0.3 is 9.30 Å². The van der Waals surface area contributed by atoms with Crippen LogP contribution in [0.2, 0.25) is 0 Å². The van der Waals surface area contributed by atoms with Crippen LogP contribution in [-0.4, -0.2) is 63.7 Å². The lowest BCUT2D eigenvalue weighted by atomic mass is 10.1. The summed E-state index contributed by atoms with van der Waals surface area (Å²) in [6.45, 7) is 8.85. The van der Waals surface area contributed by atoms with Gasteiger partial charge in [0.25, 0.3) is 0 Å². The molecule has 2 aliphatic rings. The number of imidazole rings is 1. The van der Waals surface area contributed by atoms with Gasteiger partial charge in [-0.3, -0.25) is 14.8 Å². The molecule has 4 rings (SSSR count). The zero-order valence-electron chi connectivity index (χ0n) is 14.0. The molecule has 1 fully saturated rings. The van der Waals surface area contributed by atoms with Gasteiger partial charge >= 0.3 is 0 Å². The maximum atomic E-state index is 5.48. The fourth-order valence-corrected chi connectivity index (χ4v) is 3.73. The number of rotatable bonds is 4. The highest BCUT2D eigenvalue weighted by Crippen LogP contribution is 2.18. The number of morpholine rings is 1. The van der Waals surface area contributed by atoms with E-state index in [1.54, 1.807) is 0 Å². The van der Waals surface area contributed by atoms with Gasteiger partial charge in [-0.15, -0.1) is 0 Å². The van der Waals surface area contributed by atoms with Crippen LogP contribution in [0.4, 0.5) is 0 Å². The Kier molecular flexibility index (Phi) is 4.87. The van der Waals surface area contributed by atoms with E-state index in [0.29, 0.717) is 5.92 Å². The molecule has 6 heteroatoms. The molecular formula is C18H25N5O. The fraction of sp³-hybridized carbons (Fsp3) is 0.556. The minimum atomic E-state index is 0.599. The first-order chi connectivity index (χ1) is 11.9. The van der Waals surface area contributed by atoms with Crippen molar-refractivity contribution in [3.63, 3.8) is 0 Å². The number of aromatic nitrogens is 3. The van der Waals surface area contributed by atoms with Gasteiger partial charge in [-0.2, -0.15) is 0 Å². The molecule has 0 N–H and O–H groups in total. The molecule has 6 nitrogen and oxygen atoms in total.